The molecule has 2 rings (SSSR count). The van der Waals surface area contributed by atoms with Crippen molar-refractivity contribution in [1.82, 2.24) is 20.7 Å². The summed E-state index contributed by atoms with van der Waals surface area (Å²) in [4.78, 5) is 47.6. The number of rotatable bonds is 13. The maximum atomic E-state index is 12.6. The van der Waals surface area contributed by atoms with Crippen LogP contribution in [-0.4, -0.2) is 71.0 Å². The Labute approximate surface area is 189 Å². The van der Waals surface area contributed by atoms with E-state index in [1.807, 2.05) is 37.3 Å². The monoisotopic (exact) mass is 464 g/mol. The minimum Gasteiger partial charge on any atom is -0.481 e. The zero-order valence-corrected chi connectivity index (χ0v) is 18.8. The van der Waals surface area contributed by atoms with E-state index in [0.29, 0.717) is 6.42 Å². The molecule has 5 N–H and O–H groups in total. The van der Waals surface area contributed by atoms with Crippen molar-refractivity contribution in [2.45, 2.75) is 31.8 Å². The zero-order valence-electron chi connectivity index (χ0n) is 18.0. The summed E-state index contributed by atoms with van der Waals surface area (Å²) in [6.07, 6.45) is 0.630. The van der Waals surface area contributed by atoms with Crippen LogP contribution in [0, 0.1) is 0 Å². The van der Waals surface area contributed by atoms with Gasteiger partial charge in [-0.2, -0.15) is 4.72 Å². The maximum Gasteiger partial charge on any atom is 0.415 e. The Balaban J connectivity index is 1.76. The highest BCUT2D eigenvalue weighted by atomic mass is 32.2. The zero-order chi connectivity index (χ0) is 23.5. The van der Waals surface area contributed by atoms with E-state index >= 15 is 0 Å². The van der Waals surface area contributed by atoms with E-state index in [2.05, 4.69) is 27.3 Å². The molecular formula is C21H30N5O5S+. The van der Waals surface area contributed by atoms with E-state index in [0.717, 1.165) is 5.56 Å². The third-order valence-electron chi connectivity index (χ3n) is 4.59. The van der Waals surface area contributed by atoms with Gasteiger partial charge in [0.1, 0.15) is 10.9 Å². The molecule has 0 radical (unpaired) electrons. The van der Waals surface area contributed by atoms with Gasteiger partial charge in [0, 0.05) is 24.5 Å². The van der Waals surface area contributed by atoms with Crippen LogP contribution in [0.25, 0.3) is 0 Å². The van der Waals surface area contributed by atoms with Gasteiger partial charge in [0.25, 0.3) is 5.91 Å². The lowest BCUT2D eigenvalue weighted by Crippen LogP contribution is -2.45. The lowest BCUT2D eigenvalue weighted by atomic mass is 10.1. The fraction of sp³-hybridized carbons (Fsp3) is 0.429. The molecule has 0 saturated carbocycles. The summed E-state index contributed by atoms with van der Waals surface area (Å²) < 4.78 is 4.43. The summed E-state index contributed by atoms with van der Waals surface area (Å²) in [5.74, 6) is -1.97. The Morgan fingerprint density at radius 3 is 2.66 bits per heavy atom. The van der Waals surface area contributed by atoms with Gasteiger partial charge in [0.05, 0.1) is 13.0 Å². The summed E-state index contributed by atoms with van der Waals surface area (Å²) in [6.45, 7) is 5.67. The van der Waals surface area contributed by atoms with Gasteiger partial charge in [-0.25, -0.2) is 4.79 Å². The van der Waals surface area contributed by atoms with Crippen molar-refractivity contribution in [2.24, 2.45) is 0 Å². The highest BCUT2D eigenvalue weighted by Gasteiger charge is 2.40. The molecule has 10 nitrogen and oxygen atoms in total. The highest BCUT2D eigenvalue weighted by Crippen LogP contribution is 2.04. The Morgan fingerprint density at radius 2 is 2.00 bits per heavy atom. The maximum absolute atomic E-state index is 12.6. The topological polar surface area (TPSA) is 140 Å². The van der Waals surface area contributed by atoms with Crippen LogP contribution in [0.15, 0.2) is 42.3 Å². The van der Waals surface area contributed by atoms with Gasteiger partial charge in [-0.05, 0) is 18.9 Å². The van der Waals surface area contributed by atoms with Gasteiger partial charge >= 0.3 is 11.9 Å². The Bertz CT molecular complexity index is 890. The van der Waals surface area contributed by atoms with Crippen LogP contribution in [0.4, 0.5) is 0 Å². The molecule has 1 heterocycles. The lowest BCUT2D eigenvalue weighted by molar-refractivity contribution is -0.411. The molecule has 3 atom stereocenters. The molecule has 1 aliphatic heterocycles. The van der Waals surface area contributed by atoms with Gasteiger partial charge in [0.2, 0.25) is 12.5 Å². The molecule has 1 aromatic rings. The number of carbonyl (C=O) groups is 4. The molecule has 3 unspecified atom stereocenters. The molecule has 0 bridgehead atoms. The van der Waals surface area contributed by atoms with Gasteiger partial charge in [-0.3, -0.25) is 14.4 Å². The molecule has 0 aliphatic carbocycles. The number of benzene rings is 1. The summed E-state index contributed by atoms with van der Waals surface area (Å²) in [7, 11) is -0.833. The summed E-state index contributed by atoms with van der Waals surface area (Å²) >= 11 is 0. The van der Waals surface area contributed by atoms with Crippen molar-refractivity contribution < 1.29 is 28.2 Å². The molecule has 1 aliphatic rings. The second-order valence-corrected chi connectivity index (χ2v) is 8.95. The van der Waals surface area contributed by atoms with E-state index < -0.39 is 28.8 Å². The lowest BCUT2D eigenvalue weighted by Gasteiger charge is -2.14. The molecule has 11 heteroatoms. The Kier molecular flexibility index (Phi) is 10.2. The average molecular weight is 465 g/mol. The minimum absolute atomic E-state index is 0.0494. The fourth-order valence-electron chi connectivity index (χ4n) is 3.10. The molecule has 0 fully saturated rings. The quantitative estimate of drug-likeness (QED) is 0.192. The van der Waals surface area contributed by atoms with Crippen molar-refractivity contribution >= 4 is 34.6 Å². The van der Waals surface area contributed by atoms with Crippen LogP contribution in [-0.2, 0) is 36.5 Å². The summed E-state index contributed by atoms with van der Waals surface area (Å²) in [5, 5.41) is 18.5. The van der Waals surface area contributed by atoms with E-state index in [-0.39, 0.29) is 50.5 Å². The van der Waals surface area contributed by atoms with Gasteiger partial charge in [-0.1, -0.05) is 36.9 Å². The van der Waals surface area contributed by atoms with E-state index in [4.69, 9.17) is 5.11 Å². The van der Waals surface area contributed by atoms with Crippen molar-refractivity contribution in [1.29, 1.82) is 0 Å². The van der Waals surface area contributed by atoms with Crippen LogP contribution in [0.2, 0.25) is 0 Å². The number of nitrogens with one attached hydrogen (secondary N) is 4. The van der Waals surface area contributed by atoms with Gasteiger partial charge < -0.3 is 21.1 Å². The van der Waals surface area contributed by atoms with Crippen molar-refractivity contribution in [2.75, 3.05) is 26.2 Å². The highest BCUT2D eigenvalue weighted by molar-refractivity contribution is 7.86. The summed E-state index contributed by atoms with van der Waals surface area (Å²) in [6, 6.07) is 9.10. The third-order valence-corrected chi connectivity index (χ3v) is 6.22. The van der Waals surface area contributed by atoms with Crippen LogP contribution in [0.1, 0.15) is 18.9 Å². The molecule has 3 amide bonds. The predicted molar refractivity (Wildman–Crippen MR) is 121 cm³/mol. The molecule has 0 spiro atoms. The number of carbonyl (C=O) groups excluding carboxylic acids is 3. The number of nitrogens with zero attached hydrogens (tertiary/aromatic N) is 1. The Hall–Kier alpha value is -2.89. The van der Waals surface area contributed by atoms with Crippen LogP contribution < -0.4 is 20.7 Å². The van der Waals surface area contributed by atoms with E-state index in [1.54, 1.807) is 5.41 Å². The second-order valence-electron chi connectivity index (χ2n) is 7.31. The SMILES string of the molecule is C=CS1=[N+](CC(=O)NCC(=O)NC(C)Cc2ccccc2)C(=O)C(CNCCC(=O)O)N1. The summed E-state index contributed by atoms with van der Waals surface area (Å²) in [5.41, 5.74) is 1.10. The van der Waals surface area contributed by atoms with E-state index in [1.165, 1.54) is 3.95 Å². The molecule has 0 saturated heterocycles. The van der Waals surface area contributed by atoms with Crippen molar-refractivity contribution in [3.05, 3.63) is 47.9 Å². The van der Waals surface area contributed by atoms with E-state index in [9.17, 15) is 19.2 Å². The number of hydrogen-bond donors (Lipinski definition) is 5. The van der Waals surface area contributed by atoms with Crippen LogP contribution in [0.5, 0.6) is 0 Å². The van der Waals surface area contributed by atoms with Gasteiger partial charge in [-0.15, -0.1) is 3.95 Å². The number of carboxylic acids is 1. The first kappa shape index (κ1) is 25.4. The largest absolute Gasteiger partial charge is 0.481 e. The molecule has 1 aromatic carbocycles. The predicted octanol–water partition coefficient (Wildman–Crippen LogP) is -0.714. The van der Waals surface area contributed by atoms with Gasteiger partial charge in [0.15, 0.2) is 6.04 Å². The van der Waals surface area contributed by atoms with Crippen LogP contribution in [0.3, 0.4) is 0 Å². The number of amides is 3. The number of aliphatic carboxylic acids is 1. The van der Waals surface area contributed by atoms with Crippen molar-refractivity contribution in [3.63, 3.8) is 0 Å². The Morgan fingerprint density at radius 1 is 1.28 bits per heavy atom. The first-order chi connectivity index (χ1) is 15.3. The standard InChI is InChI=1S/C21H29N5O5S/c1-3-32-25-17(12-22-10-9-20(29)30)21(31)26(32)14-19(28)23-13-18(27)24-15(2)11-16-7-5-4-6-8-16/h3-8,15,17,22H,1,9-14H2,2H3,(H3,23,24,27,28,29,30)/p+1. The second kappa shape index (κ2) is 12.8. The van der Waals surface area contributed by atoms with Crippen LogP contribution >= 0.6 is 0 Å². The number of carboxylic acid groups (broad SMARTS) is 1. The smallest absolute Gasteiger partial charge is 0.415 e. The molecule has 0 aromatic heterocycles. The first-order valence-corrected chi connectivity index (χ1v) is 11.5. The number of hydrogen-bond acceptors (Lipinski definition) is 6. The third kappa shape index (κ3) is 8.33. The molecule has 174 valence electrons. The molecule has 32 heavy (non-hydrogen) atoms. The normalized spacial score (nSPS) is 18.8. The first-order valence-electron chi connectivity index (χ1n) is 10.3. The van der Waals surface area contributed by atoms with Crippen molar-refractivity contribution in [3.8, 4) is 0 Å². The fourth-order valence-corrected chi connectivity index (χ4v) is 4.55. The average Bonchev–Trinajstić information content (AvgIpc) is 3.05. The molecular weight excluding hydrogens is 434 g/mol. The minimum atomic E-state index is -0.925.